The van der Waals surface area contributed by atoms with Crippen LogP contribution in [0.1, 0.15) is 28.4 Å². The van der Waals surface area contributed by atoms with Crippen LogP contribution < -0.4 is 20.7 Å². The molecule has 226 valence electrons. The molecule has 0 radical (unpaired) electrons. The Bertz CT molecular complexity index is 1660. The van der Waals surface area contributed by atoms with E-state index in [4.69, 9.17) is 4.74 Å². The molecule has 7 nitrogen and oxygen atoms in total. The number of ether oxygens (including phenoxy) is 1. The number of halogens is 3. The van der Waals surface area contributed by atoms with Crippen LogP contribution in [0.25, 0.3) is 6.08 Å². The van der Waals surface area contributed by atoms with Crippen molar-refractivity contribution in [3.63, 3.8) is 0 Å². The summed E-state index contributed by atoms with van der Waals surface area (Å²) in [5.74, 6) is -1.06. The Hall–Kier alpha value is -5.03. The second-order valence-corrected chi connectivity index (χ2v) is 10.8. The Morgan fingerprint density at radius 3 is 2.20 bits per heavy atom. The third kappa shape index (κ3) is 8.74. The molecule has 0 aliphatic rings. The molecular formula is C33H28F3N3O4S. The molecule has 0 aliphatic carbocycles. The van der Waals surface area contributed by atoms with E-state index >= 15 is 0 Å². The molecule has 11 heteroatoms. The number of nitrogens with one attached hydrogen (secondary N) is 3. The highest BCUT2D eigenvalue weighted by Gasteiger charge is 2.34. The highest BCUT2D eigenvalue weighted by molar-refractivity contribution is 8.00. The van der Waals surface area contributed by atoms with Gasteiger partial charge in [0.2, 0.25) is 5.91 Å². The molecule has 0 aromatic heterocycles. The molecule has 3 amide bonds. The van der Waals surface area contributed by atoms with Crippen molar-refractivity contribution < 1.29 is 32.3 Å². The first-order chi connectivity index (χ1) is 21.0. The lowest BCUT2D eigenvalue weighted by molar-refractivity contribution is -0.137. The summed E-state index contributed by atoms with van der Waals surface area (Å²) >= 11 is 1.11. The molecule has 1 atom stereocenters. The second kappa shape index (κ2) is 14.4. The summed E-state index contributed by atoms with van der Waals surface area (Å²) in [7, 11) is 1.54. The number of alkyl halides is 3. The van der Waals surface area contributed by atoms with Crippen LogP contribution in [0.2, 0.25) is 0 Å². The van der Waals surface area contributed by atoms with Gasteiger partial charge in [-0.3, -0.25) is 14.4 Å². The molecule has 0 heterocycles. The molecule has 4 aromatic rings. The molecule has 0 saturated carbocycles. The van der Waals surface area contributed by atoms with E-state index < -0.39 is 34.7 Å². The van der Waals surface area contributed by atoms with Gasteiger partial charge in [0.1, 0.15) is 11.4 Å². The highest BCUT2D eigenvalue weighted by atomic mass is 32.2. The second-order valence-electron chi connectivity index (χ2n) is 9.43. The number of thioether (sulfide) groups is 1. The molecule has 0 aliphatic heterocycles. The van der Waals surface area contributed by atoms with Crippen LogP contribution in [0.15, 0.2) is 114 Å². The fourth-order valence-electron chi connectivity index (χ4n) is 3.99. The predicted molar refractivity (Wildman–Crippen MR) is 165 cm³/mol. The van der Waals surface area contributed by atoms with E-state index in [2.05, 4.69) is 16.0 Å². The molecule has 0 saturated heterocycles. The number of anilines is 2. The lowest BCUT2D eigenvalue weighted by Gasteiger charge is -2.16. The maximum Gasteiger partial charge on any atom is 0.418 e. The smallest absolute Gasteiger partial charge is 0.418 e. The maximum absolute atomic E-state index is 13.4. The standard InChI is InChI=1S/C33H28F3N3O4S/c1-21(30(40)38-28-14-7-6-13-27(28)33(34,35)36)44-26-12-8-11-24(20-26)37-32(42)29(19-22-15-17-25(43-2)18-16-22)39-31(41)23-9-4-3-5-10-23/h3-21H,1-2H3,(H,37,42)(H,38,40)(H,39,41)/b29-19+. The minimum absolute atomic E-state index is 0.0156. The van der Waals surface area contributed by atoms with E-state index in [0.29, 0.717) is 27.5 Å². The number of rotatable bonds is 10. The third-order valence-electron chi connectivity index (χ3n) is 6.22. The van der Waals surface area contributed by atoms with E-state index in [0.717, 1.165) is 17.8 Å². The van der Waals surface area contributed by atoms with Gasteiger partial charge < -0.3 is 20.7 Å². The molecule has 0 fully saturated rings. The molecule has 44 heavy (non-hydrogen) atoms. The van der Waals surface area contributed by atoms with E-state index in [1.54, 1.807) is 85.8 Å². The molecule has 0 spiro atoms. The van der Waals surface area contributed by atoms with Crippen LogP contribution in [-0.4, -0.2) is 30.1 Å². The van der Waals surface area contributed by atoms with Crippen molar-refractivity contribution in [3.8, 4) is 5.75 Å². The van der Waals surface area contributed by atoms with Gasteiger partial charge in [-0.25, -0.2) is 0 Å². The topological polar surface area (TPSA) is 96.5 Å². The summed E-state index contributed by atoms with van der Waals surface area (Å²) in [6.07, 6.45) is -3.09. The van der Waals surface area contributed by atoms with Crippen LogP contribution in [0.3, 0.4) is 0 Å². The predicted octanol–water partition coefficient (Wildman–Crippen LogP) is 7.24. The van der Waals surface area contributed by atoms with Gasteiger partial charge in [0, 0.05) is 16.1 Å². The van der Waals surface area contributed by atoms with Crippen molar-refractivity contribution >= 4 is 46.9 Å². The normalized spacial score (nSPS) is 12.2. The average Bonchev–Trinajstić information content (AvgIpc) is 3.01. The van der Waals surface area contributed by atoms with Gasteiger partial charge in [0.25, 0.3) is 11.8 Å². The Morgan fingerprint density at radius 2 is 1.52 bits per heavy atom. The molecule has 4 rings (SSSR count). The van der Waals surface area contributed by atoms with Gasteiger partial charge >= 0.3 is 6.18 Å². The van der Waals surface area contributed by atoms with E-state index in [-0.39, 0.29) is 11.4 Å². The Labute approximate surface area is 256 Å². The number of hydrogen-bond donors (Lipinski definition) is 3. The van der Waals surface area contributed by atoms with E-state index in [1.165, 1.54) is 31.4 Å². The van der Waals surface area contributed by atoms with Gasteiger partial charge in [-0.1, -0.05) is 48.5 Å². The van der Waals surface area contributed by atoms with Gasteiger partial charge in [-0.15, -0.1) is 11.8 Å². The van der Waals surface area contributed by atoms with Crippen molar-refractivity contribution in [2.24, 2.45) is 0 Å². The zero-order chi connectivity index (χ0) is 31.7. The van der Waals surface area contributed by atoms with E-state index in [1.807, 2.05) is 0 Å². The molecule has 1 unspecified atom stereocenters. The largest absolute Gasteiger partial charge is 0.497 e. The van der Waals surface area contributed by atoms with Crippen LogP contribution in [0.4, 0.5) is 24.5 Å². The zero-order valence-corrected chi connectivity index (χ0v) is 24.5. The number of amides is 3. The number of methoxy groups -OCH3 is 1. The van der Waals surface area contributed by atoms with Crippen molar-refractivity contribution in [3.05, 3.63) is 126 Å². The van der Waals surface area contributed by atoms with Crippen molar-refractivity contribution in [2.45, 2.75) is 23.2 Å². The van der Waals surface area contributed by atoms with Gasteiger partial charge in [-0.2, -0.15) is 13.2 Å². The SMILES string of the molecule is COc1ccc(/C=C(/NC(=O)c2ccccc2)C(=O)Nc2cccc(SC(C)C(=O)Nc3ccccc3C(F)(F)F)c2)cc1. The minimum atomic E-state index is -4.62. The first kappa shape index (κ1) is 31.9. The number of para-hydroxylation sites is 1. The van der Waals surface area contributed by atoms with Crippen molar-refractivity contribution in [1.29, 1.82) is 0 Å². The van der Waals surface area contributed by atoms with Gasteiger partial charge in [-0.05, 0) is 73.2 Å². The third-order valence-corrected chi connectivity index (χ3v) is 7.31. The van der Waals surface area contributed by atoms with Crippen LogP contribution >= 0.6 is 11.8 Å². The van der Waals surface area contributed by atoms with Gasteiger partial charge in [0.15, 0.2) is 0 Å². The quantitative estimate of drug-likeness (QED) is 0.128. The summed E-state index contributed by atoms with van der Waals surface area (Å²) in [6.45, 7) is 1.57. The van der Waals surface area contributed by atoms with E-state index in [9.17, 15) is 27.6 Å². The summed E-state index contributed by atoms with van der Waals surface area (Å²) in [5, 5.41) is 7.02. The Balaban J connectivity index is 1.49. The summed E-state index contributed by atoms with van der Waals surface area (Å²) in [4.78, 5) is 39.6. The molecule has 0 bridgehead atoms. The molecule has 3 N–H and O–H groups in total. The van der Waals surface area contributed by atoms with Crippen LogP contribution in [0.5, 0.6) is 5.75 Å². The van der Waals surface area contributed by atoms with Gasteiger partial charge in [0.05, 0.1) is 23.6 Å². The maximum atomic E-state index is 13.4. The minimum Gasteiger partial charge on any atom is -0.497 e. The monoisotopic (exact) mass is 619 g/mol. The lowest BCUT2D eigenvalue weighted by Crippen LogP contribution is -2.30. The number of benzene rings is 4. The molecule has 4 aromatic carbocycles. The first-order valence-electron chi connectivity index (χ1n) is 13.3. The van der Waals surface area contributed by atoms with Crippen molar-refractivity contribution in [1.82, 2.24) is 5.32 Å². The first-order valence-corrected chi connectivity index (χ1v) is 14.2. The van der Waals surface area contributed by atoms with Crippen LogP contribution in [0, 0.1) is 0 Å². The van der Waals surface area contributed by atoms with Crippen molar-refractivity contribution in [2.75, 3.05) is 17.7 Å². The average molecular weight is 620 g/mol. The Morgan fingerprint density at radius 1 is 0.841 bits per heavy atom. The molecular weight excluding hydrogens is 591 g/mol. The summed E-state index contributed by atoms with van der Waals surface area (Å²) in [6, 6.07) is 26.7. The number of carbonyl (C=O) groups excluding carboxylic acids is 3. The number of carbonyl (C=O) groups is 3. The summed E-state index contributed by atoms with van der Waals surface area (Å²) in [5.41, 5.74) is 0.105. The van der Waals surface area contributed by atoms with Crippen LogP contribution in [-0.2, 0) is 15.8 Å². The fourth-order valence-corrected chi connectivity index (χ4v) is 4.91. The fraction of sp³-hybridized carbons (Fsp3) is 0.121. The summed E-state index contributed by atoms with van der Waals surface area (Å²) < 4.78 is 45.2. The zero-order valence-electron chi connectivity index (χ0n) is 23.6. The Kier molecular flexibility index (Phi) is 10.5. The number of hydrogen-bond acceptors (Lipinski definition) is 5. The lowest BCUT2D eigenvalue weighted by atomic mass is 10.1. The highest BCUT2D eigenvalue weighted by Crippen LogP contribution is 2.35.